The fourth-order valence-electron chi connectivity index (χ4n) is 1.50. The molecule has 1 aliphatic heterocycles. The first-order valence-electron chi connectivity index (χ1n) is 4.84. The lowest BCUT2D eigenvalue weighted by Crippen LogP contribution is -2.52. The number of nitrogens with one attached hydrogen (secondary N) is 2. The average molecular weight is 201 g/mol. The Morgan fingerprint density at radius 2 is 2.14 bits per heavy atom. The number of hydrazine groups is 1. The highest BCUT2D eigenvalue weighted by atomic mass is 16.5. The van der Waals surface area contributed by atoms with Crippen LogP contribution in [-0.4, -0.2) is 41.7 Å². The topological polar surface area (TPSA) is 56.8 Å². The van der Waals surface area contributed by atoms with Crippen molar-refractivity contribution in [1.29, 1.82) is 0 Å². The lowest BCUT2D eigenvalue weighted by molar-refractivity contribution is -0.101. The lowest BCUT2D eigenvalue weighted by atomic mass is 10.1. The van der Waals surface area contributed by atoms with Crippen molar-refractivity contribution in [2.24, 2.45) is 0 Å². The van der Waals surface area contributed by atoms with E-state index >= 15 is 0 Å². The summed E-state index contributed by atoms with van der Waals surface area (Å²) in [5, 5.41) is 13.4. The Morgan fingerprint density at radius 3 is 2.71 bits per heavy atom. The molecule has 1 saturated heterocycles. The van der Waals surface area contributed by atoms with Crippen LogP contribution in [0.1, 0.15) is 13.8 Å². The summed E-state index contributed by atoms with van der Waals surface area (Å²) in [6, 6.07) is 0.715. The standard InChI is InChI=1S/C9H19N3O2/c1-4-12(13)11-9-6-14-5-8(9)10-7(2)3/h4,7-11,13H,1,5-6H2,2-3H3. The van der Waals surface area contributed by atoms with Crippen LogP contribution in [0.15, 0.2) is 12.8 Å². The molecule has 0 spiro atoms. The summed E-state index contributed by atoms with van der Waals surface area (Å²) in [6.45, 7) is 8.87. The third-order valence-electron chi connectivity index (χ3n) is 2.10. The van der Waals surface area contributed by atoms with E-state index in [2.05, 4.69) is 31.2 Å². The summed E-state index contributed by atoms with van der Waals surface area (Å²) in [6.07, 6.45) is 1.31. The van der Waals surface area contributed by atoms with Gasteiger partial charge in [0.15, 0.2) is 0 Å². The molecule has 0 radical (unpaired) electrons. The van der Waals surface area contributed by atoms with E-state index in [1.54, 1.807) is 0 Å². The highest BCUT2D eigenvalue weighted by molar-refractivity contribution is 4.87. The number of nitrogens with zero attached hydrogens (tertiary/aromatic N) is 1. The van der Waals surface area contributed by atoms with Gasteiger partial charge in [-0.3, -0.25) is 5.21 Å². The number of ether oxygens (including phenoxy) is 1. The Kier molecular flexibility index (Phi) is 4.34. The average Bonchev–Trinajstić information content (AvgIpc) is 2.52. The highest BCUT2D eigenvalue weighted by Crippen LogP contribution is 2.06. The second kappa shape index (κ2) is 5.31. The van der Waals surface area contributed by atoms with Gasteiger partial charge in [0.25, 0.3) is 0 Å². The Bertz CT molecular complexity index is 187. The molecule has 0 aromatic rings. The molecular formula is C9H19N3O2. The maximum Gasteiger partial charge on any atom is 0.0695 e. The van der Waals surface area contributed by atoms with Crippen LogP contribution in [0, 0.1) is 0 Å². The minimum atomic E-state index is 0.0837. The van der Waals surface area contributed by atoms with Gasteiger partial charge in [-0.05, 0) is 0 Å². The van der Waals surface area contributed by atoms with Gasteiger partial charge in [-0.25, -0.2) is 5.43 Å². The zero-order valence-electron chi connectivity index (χ0n) is 8.73. The van der Waals surface area contributed by atoms with E-state index in [1.807, 2.05) is 0 Å². The summed E-state index contributed by atoms with van der Waals surface area (Å²) >= 11 is 0. The second-order valence-corrected chi connectivity index (χ2v) is 3.73. The summed E-state index contributed by atoms with van der Waals surface area (Å²) in [4.78, 5) is 0. The smallest absolute Gasteiger partial charge is 0.0695 e. The molecule has 2 atom stereocenters. The molecule has 5 heteroatoms. The first-order chi connectivity index (χ1) is 6.63. The van der Waals surface area contributed by atoms with Gasteiger partial charge in [0.2, 0.25) is 0 Å². The molecule has 1 rings (SSSR count). The van der Waals surface area contributed by atoms with Crippen LogP contribution in [0.25, 0.3) is 0 Å². The molecular weight excluding hydrogens is 182 g/mol. The molecule has 1 aliphatic rings. The lowest BCUT2D eigenvalue weighted by Gasteiger charge is -2.25. The van der Waals surface area contributed by atoms with Crippen molar-refractivity contribution >= 4 is 0 Å². The van der Waals surface area contributed by atoms with Crippen molar-refractivity contribution in [3.8, 4) is 0 Å². The molecule has 82 valence electrons. The predicted octanol–water partition coefficient (Wildman–Crippen LogP) is 0.0911. The monoisotopic (exact) mass is 201 g/mol. The van der Waals surface area contributed by atoms with E-state index in [4.69, 9.17) is 4.74 Å². The summed E-state index contributed by atoms with van der Waals surface area (Å²) < 4.78 is 5.32. The van der Waals surface area contributed by atoms with E-state index in [1.165, 1.54) is 6.20 Å². The maximum absolute atomic E-state index is 9.19. The molecule has 1 heterocycles. The minimum Gasteiger partial charge on any atom is -0.378 e. The van der Waals surface area contributed by atoms with Crippen molar-refractivity contribution in [2.75, 3.05) is 13.2 Å². The van der Waals surface area contributed by atoms with Gasteiger partial charge in [-0.2, -0.15) is 5.17 Å². The largest absolute Gasteiger partial charge is 0.378 e. The SMILES string of the molecule is C=CN(O)NC1COCC1NC(C)C. The predicted molar refractivity (Wildman–Crippen MR) is 53.6 cm³/mol. The summed E-state index contributed by atoms with van der Waals surface area (Å²) in [7, 11) is 0. The molecule has 5 nitrogen and oxygen atoms in total. The van der Waals surface area contributed by atoms with Gasteiger partial charge in [0, 0.05) is 12.2 Å². The number of hydroxylamine groups is 1. The Hall–Kier alpha value is -0.620. The van der Waals surface area contributed by atoms with Gasteiger partial charge in [-0.15, -0.1) is 0 Å². The first-order valence-corrected chi connectivity index (χ1v) is 4.84. The molecule has 2 unspecified atom stereocenters. The Morgan fingerprint density at radius 1 is 1.50 bits per heavy atom. The van der Waals surface area contributed by atoms with Gasteiger partial charge in [0.1, 0.15) is 0 Å². The zero-order valence-corrected chi connectivity index (χ0v) is 8.73. The van der Waals surface area contributed by atoms with Crippen LogP contribution in [0.4, 0.5) is 0 Å². The maximum atomic E-state index is 9.19. The van der Waals surface area contributed by atoms with Crippen molar-refractivity contribution in [2.45, 2.75) is 32.0 Å². The molecule has 0 aliphatic carbocycles. The number of hydrogen-bond donors (Lipinski definition) is 3. The zero-order chi connectivity index (χ0) is 10.6. The fraction of sp³-hybridized carbons (Fsp3) is 0.778. The normalized spacial score (nSPS) is 26.9. The van der Waals surface area contributed by atoms with Gasteiger partial charge in [-0.1, -0.05) is 20.4 Å². The van der Waals surface area contributed by atoms with Crippen molar-refractivity contribution in [3.05, 3.63) is 12.8 Å². The third-order valence-corrected chi connectivity index (χ3v) is 2.10. The van der Waals surface area contributed by atoms with E-state index in [0.717, 1.165) is 5.17 Å². The van der Waals surface area contributed by atoms with E-state index in [-0.39, 0.29) is 12.1 Å². The summed E-state index contributed by atoms with van der Waals surface area (Å²) in [5.74, 6) is 0. The van der Waals surface area contributed by atoms with Crippen LogP contribution in [0.5, 0.6) is 0 Å². The molecule has 1 fully saturated rings. The highest BCUT2D eigenvalue weighted by Gasteiger charge is 2.29. The quantitative estimate of drug-likeness (QED) is 0.550. The molecule has 0 aromatic carbocycles. The van der Waals surface area contributed by atoms with Gasteiger partial charge < -0.3 is 10.1 Å². The van der Waals surface area contributed by atoms with Crippen LogP contribution in [0.2, 0.25) is 0 Å². The van der Waals surface area contributed by atoms with E-state index in [0.29, 0.717) is 19.3 Å². The molecule has 3 N–H and O–H groups in total. The van der Waals surface area contributed by atoms with Crippen LogP contribution in [0.3, 0.4) is 0 Å². The number of rotatable bonds is 5. The van der Waals surface area contributed by atoms with Crippen molar-refractivity contribution < 1.29 is 9.94 Å². The minimum absolute atomic E-state index is 0.0837. The van der Waals surface area contributed by atoms with E-state index in [9.17, 15) is 5.21 Å². The van der Waals surface area contributed by atoms with Gasteiger partial charge >= 0.3 is 0 Å². The molecule has 14 heavy (non-hydrogen) atoms. The molecule has 0 saturated carbocycles. The Balaban J connectivity index is 2.38. The third kappa shape index (κ3) is 3.26. The van der Waals surface area contributed by atoms with Crippen molar-refractivity contribution in [1.82, 2.24) is 15.9 Å². The summed E-state index contributed by atoms with van der Waals surface area (Å²) in [5.41, 5.74) is 2.87. The molecule has 0 amide bonds. The van der Waals surface area contributed by atoms with Crippen molar-refractivity contribution in [3.63, 3.8) is 0 Å². The van der Waals surface area contributed by atoms with Crippen LogP contribution in [-0.2, 0) is 4.74 Å². The van der Waals surface area contributed by atoms with Crippen LogP contribution >= 0.6 is 0 Å². The fourth-order valence-corrected chi connectivity index (χ4v) is 1.50. The van der Waals surface area contributed by atoms with E-state index < -0.39 is 0 Å². The van der Waals surface area contributed by atoms with Crippen LogP contribution < -0.4 is 10.7 Å². The van der Waals surface area contributed by atoms with Gasteiger partial charge in [0.05, 0.1) is 25.3 Å². The molecule has 0 bridgehead atoms. The number of hydrogen-bond acceptors (Lipinski definition) is 5. The first kappa shape index (κ1) is 11.5. The second-order valence-electron chi connectivity index (χ2n) is 3.73. The molecule has 0 aromatic heterocycles. The Labute approximate surface area is 84.7 Å².